The number of nitrogens with zero attached hydrogens (tertiary/aromatic N) is 1. The molecule has 3 rings (SSSR count). The molecule has 0 bridgehead atoms. The molecule has 1 aromatic heterocycles. The highest BCUT2D eigenvalue weighted by atomic mass is 35.5. The van der Waals surface area contributed by atoms with Crippen molar-refractivity contribution in [2.75, 3.05) is 12.3 Å². The Morgan fingerprint density at radius 3 is 2.86 bits per heavy atom. The number of fused-ring (bicyclic) bond motifs is 1. The van der Waals surface area contributed by atoms with Gasteiger partial charge in [-0.15, -0.1) is 11.3 Å². The summed E-state index contributed by atoms with van der Waals surface area (Å²) in [6, 6.07) is 4.81. The first-order valence-corrected chi connectivity index (χ1v) is 7.76. The van der Waals surface area contributed by atoms with Crippen LogP contribution in [0.3, 0.4) is 0 Å². The van der Waals surface area contributed by atoms with Crippen molar-refractivity contribution in [2.24, 2.45) is 5.73 Å². The number of hydrogen-bond donors (Lipinski definition) is 2. The number of carbonyl (C=O) groups excluding carboxylic acids is 2. The van der Waals surface area contributed by atoms with E-state index in [1.165, 1.54) is 16.2 Å². The normalized spacial score (nSPS) is 18.3. The summed E-state index contributed by atoms with van der Waals surface area (Å²) in [5.74, 6) is -0.699. The Labute approximate surface area is 130 Å². The zero-order valence-electron chi connectivity index (χ0n) is 11.1. The number of primary amides is 1. The number of benzene rings is 1. The molecule has 1 saturated heterocycles. The Morgan fingerprint density at radius 2 is 2.14 bits per heavy atom. The fraction of sp³-hybridized carbons (Fsp3) is 0.286. The van der Waals surface area contributed by atoms with Crippen molar-refractivity contribution >= 4 is 50.5 Å². The van der Waals surface area contributed by atoms with Gasteiger partial charge in [-0.3, -0.25) is 9.59 Å². The maximum absolute atomic E-state index is 12.7. The predicted molar refractivity (Wildman–Crippen MR) is 84.5 cm³/mol. The van der Waals surface area contributed by atoms with Crippen LogP contribution in [0.5, 0.6) is 0 Å². The van der Waals surface area contributed by atoms with Gasteiger partial charge in [-0.2, -0.15) is 0 Å². The number of nitrogen functional groups attached to an aromatic ring is 1. The van der Waals surface area contributed by atoms with Gasteiger partial charge in [0.2, 0.25) is 5.91 Å². The lowest BCUT2D eigenvalue weighted by atomic mass is 10.2. The third-order valence-electron chi connectivity index (χ3n) is 3.72. The van der Waals surface area contributed by atoms with E-state index >= 15 is 0 Å². The molecule has 0 aliphatic carbocycles. The van der Waals surface area contributed by atoms with Crippen LogP contribution in [-0.4, -0.2) is 29.3 Å². The Kier molecular flexibility index (Phi) is 3.51. The van der Waals surface area contributed by atoms with Gasteiger partial charge in [-0.1, -0.05) is 11.6 Å². The molecule has 7 heteroatoms. The van der Waals surface area contributed by atoms with Gasteiger partial charge in [0.1, 0.15) is 10.9 Å². The molecule has 2 amide bonds. The van der Waals surface area contributed by atoms with Gasteiger partial charge in [0, 0.05) is 21.7 Å². The number of rotatable bonds is 2. The van der Waals surface area contributed by atoms with Crippen molar-refractivity contribution in [2.45, 2.75) is 18.9 Å². The van der Waals surface area contributed by atoms with Crippen molar-refractivity contribution in [1.29, 1.82) is 0 Å². The number of thiophene rings is 1. The first-order valence-electron chi connectivity index (χ1n) is 6.57. The second-order valence-electron chi connectivity index (χ2n) is 5.04. The van der Waals surface area contributed by atoms with Gasteiger partial charge in [0.25, 0.3) is 5.91 Å². The highest BCUT2D eigenvalue weighted by Crippen LogP contribution is 2.36. The average Bonchev–Trinajstić information content (AvgIpc) is 3.04. The molecule has 1 aliphatic heterocycles. The van der Waals surface area contributed by atoms with Crippen molar-refractivity contribution < 1.29 is 9.59 Å². The molecule has 1 aromatic carbocycles. The molecule has 1 unspecified atom stereocenters. The molecule has 1 atom stereocenters. The lowest BCUT2D eigenvalue weighted by molar-refractivity contribution is -0.121. The van der Waals surface area contributed by atoms with Gasteiger partial charge >= 0.3 is 0 Å². The minimum absolute atomic E-state index is 0.230. The molecular formula is C14H14ClN3O2S. The van der Waals surface area contributed by atoms with Crippen LogP contribution in [0.1, 0.15) is 22.5 Å². The number of amides is 2. The Bertz CT molecular complexity index is 743. The standard InChI is InChI=1S/C14H14ClN3O2S/c15-7-3-4-10-8(6-7)11(16)12(21-10)14(20)18-5-1-2-9(18)13(17)19/h3-4,6,9H,1-2,5,16H2,(H2,17,19). The molecule has 2 heterocycles. The second-order valence-corrected chi connectivity index (χ2v) is 6.53. The third-order valence-corrected chi connectivity index (χ3v) is 5.13. The minimum Gasteiger partial charge on any atom is -0.397 e. The predicted octanol–water partition coefficient (Wildman–Crippen LogP) is 2.23. The number of anilines is 1. The highest BCUT2D eigenvalue weighted by Gasteiger charge is 2.34. The van der Waals surface area contributed by atoms with E-state index in [4.69, 9.17) is 23.1 Å². The first kappa shape index (κ1) is 14.2. The number of hydrogen-bond acceptors (Lipinski definition) is 4. The molecule has 1 aliphatic rings. The van der Waals surface area contributed by atoms with Crippen molar-refractivity contribution in [3.63, 3.8) is 0 Å². The minimum atomic E-state index is -0.536. The lowest BCUT2D eigenvalue weighted by Gasteiger charge is -2.21. The van der Waals surface area contributed by atoms with E-state index in [1.807, 2.05) is 6.07 Å². The quantitative estimate of drug-likeness (QED) is 0.888. The summed E-state index contributed by atoms with van der Waals surface area (Å²) in [4.78, 5) is 26.0. The van der Waals surface area contributed by atoms with Gasteiger partial charge in [-0.05, 0) is 31.0 Å². The van der Waals surface area contributed by atoms with E-state index in [0.29, 0.717) is 28.6 Å². The van der Waals surface area contributed by atoms with Crippen LogP contribution in [0.4, 0.5) is 5.69 Å². The van der Waals surface area contributed by atoms with Crippen LogP contribution in [0.15, 0.2) is 18.2 Å². The van der Waals surface area contributed by atoms with Crippen LogP contribution < -0.4 is 11.5 Å². The number of halogens is 1. The van der Waals surface area contributed by atoms with Gasteiger partial charge in [-0.25, -0.2) is 0 Å². The van der Waals surface area contributed by atoms with Crippen LogP contribution in [0.2, 0.25) is 5.02 Å². The molecule has 4 N–H and O–H groups in total. The van der Waals surface area contributed by atoms with Gasteiger partial charge in [0.15, 0.2) is 0 Å². The van der Waals surface area contributed by atoms with E-state index in [-0.39, 0.29) is 5.91 Å². The van der Waals surface area contributed by atoms with Crippen LogP contribution >= 0.6 is 22.9 Å². The Balaban J connectivity index is 2.02. The molecule has 2 aromatic rings. The first-order chi connectivity index (χ1) is 9.99. The average molecular weight is 324 g/mol. The summed E-state index contributed by atoms with van der Waals surface area (Å²) in [7, 11) is 0. The largest absolute Gasteiger partial charge is 0.397 e. The van der Waals surface area contributed by atoms with Crippen molar-refractivity contribution in [3.8, 4) is 0 Å². The lowest BCUT2D eigenvalue weighted by Crippen LogP contribution is -2.43. The maximum atomic E-state index is 12.7. The molecule has 5 nitrogen and oxygen atoms in total. The summed E-state index contributed by atoms with van der Waals surface area (Å²) >= 11 is 7.28. The van der Waals surface area contributed by atoms with Crippen LogP contribution in [-0.2, 0) is 4.79 Å². The van der Waals surface area contributed by atoms with Crippen molar-refractivity contribution in [1.82, 2.24) is 4.90 Å². The number of carbonyl (C=O) groups is 2. The van der Waals surface area contributed by atoms with E-state index in [0.717, 1.165) is 16.5 Å². The summed E-state index contributed by atoms with van der Waals surface area (Å²) in [5.41, 5.74) is 11.9. The van der Waals surface area contributed by atoms with Gasteiger partial charge in [0.05, 0.1) is 5.69 Å². The SMILES string of the molecule is NC(=O)C1CCCN1C(=O)c1sc2ccc(Cl)cc2c1N. The number of likely N-dealkylation sites (tertiary alicyclic amines) is 1. The van der Waals surface area contributed by atoms with E-state index in [1.54, 1.807) is 12.1 Å². The smallest absolute Gasteiger partial charge is 0.266 e. The highest BCUT2D eigenvalue weighted by molar-refractivity contribution is 7.21. The van der Waals surface area contributed by atoms with Gasteiger partial charge < -0.3 is 16.4 Å². The maximum Gasteiger partial charge on any atom is 0.266 e. The zero-order chi connectivity index (χ0) is 15.1. The molecular weight excluding hydrogens is 310 g/mol. The van der Waals surface area contributed by atoms with E-state index in [2.05, 4.69) is 0 Å². The summed E-state index contributed by atoms with van der Waals surface area (Å²) in [6.07, 6.45) is 1.38. The van der Waals surface area contributed by atoms with Crippen molar-refractivity contribution in [3.05, 3.63) is 28.1 Å². The van der Waals surface area contributed by atoms with Crippen LogP contribution in [0, 0.1) is 0 Å². The number of nitrogens with two attached hydrogens (primary N) is 2. The summed E-state index contributed by atoms with van der Waals surface area (Å²) in [5, 5.41) is 1.34. The molecule has 1 fully saturated rings. The third kappa shape index (κ3) is 2.34. The van der Waals surface area contributed by atoms with Crippen LogP contribution in [0.25, 0.3) is 10.1 Å². The molecule has 0 radical (unpaired) electrons. The molecule has 110 valence electrons. The Morgan fingerprint density at radius 1 is 1.38 bits per heavy atom. The topological polar surface area (TPSA) is 89.4 Å². The zero-order valence-corrected chi connectivity index (χ0v) is 12.7. The molecule has 0 spiro atoms. The monoisotopic (exact) mass is 323 g/mol. The van der Waals surface area contributed by atoms with E-state index < -0.39 is 11.9 Å². The summed E-state index contributed by atoms with van der Waals surface area (Å²) < 4.78 is 0.898. The van der Waals surface area contributed by atoms with E-state index in [9.17, 15) is 9.59 Å². The second kappa shape index (κ2) is 5.20. The molecule has 0 saturated carbocycles. The fourth-order valence-electron chi connectivity index (χ4n) is 2.68. The Hall–Kier alpha value is -1.79. The summed E-state index contributed by atoms with van der Waals surface area (Å²) in [6.45, 7) is 0.529. The fourth-order valence-corrected chi connectivity index (χ4v) is 3.92. The molecule has 21 heavy (non-hydrogen) atoms.